The number of nitrogens with zero attached hydrogens (tertiary/aromatic N) is 2. The molecule has 17 heavy (non-hydrogen) atoms. The molecule has 1 aliphatic rings. The third kappa shape index (κ3) is 1.75. The lowest BCUT2D eigenvalue weighted by Gasteiger charge is -2.22. The van der Waals surface area contributed by atoms with Crippen molar-refractivity contribution in [2.45, 2.75) is 31.1 Å². The van der Waals surface area contributed by atoms with E-state index in [2.05, 4.69) is 4.98 Å². The molecule has 0 unspecified atom stereocenters. The molecule has 6 heteroatoms. The summed E-state index contributed by atoms with van der Waals surface area (Å²) in [5.74, 6) is -1.02. The monoisotopic (exact) mass is 236 g/mol. The fourth-order valence-corrected chi connectivity index (χ4v) is 2.44. The zero-order valence-electron chi connectivity index (χ0n) is 9.13. The second-order valence-electron chi connectivity index (χ2n) is 4.22. The van der Waals surface area contributed by atoms with Crippen molar-refractivity contribution in [1.82, 2.24) is 4.98 Å². The van der Waals surface area contributed by atoms with Crippen LogP contribution in [0.1, 0.15) is 31.4 Å². The molecule has 0 aliphatic heterocycles. The van der Waals surface area contributed by atoms with Crippen molar-refractivity contribution in [2.75, 3.05) is 0 Å². The van der Waals surface area contributed by atoms with Crippen LogP contribution in [0.15, 0.2) is 18.3 Å². The molecule has 1 aromatic heterocycles. The van der Waals surface area contributed by atoms with Gasteiger partial charge in [-0.05, 0) is 18.9 Å². The van der Waals surface area contributed by atoms with E-state index in [1.807, 2.05) is 0 Å². The Hall–Kier alpha value is -1.98. The molecule has 1 saturated carbocycles. The molecule has 1 N–H and O–H groups in total. The quantitative estimate of drug-likeness (QED) is 0.638. The number of carbonyl (C=O) groups is 1. The van der Waals surface area contributed by atoms with E-state index in [-0.39, 0.29) is 11.4 Å². The smallest absolute Gasteiger partial charge is 0.316 e. The Labute approximate surface area is 97.4 Å². The van der Waals surface area contributed by atoms with E-state index in [0.29, 0.717) is 12.8 Å². The molecule has 0 saturated heterocycles. The fourth-order valence-electron chi connectivity index (χ4n) is 2.44. The summed E-state index contributed by atoms with van der Waals surface area (Å²) in [5.41, 5.74) is -1.28. The molecule has 0 bridgehead atoms. The zero-order valence-corrected chi connectivity index (χ0v) is 9.13. The van der Waals surface area contributed by atoms with Gasteiger partial charge in [0.2, 0.25) is 0 Å². The minimum atomic E-state index is -1.18. The van der Waals surface area contributed by atoms with Crippen molar-refractivity contribution >= 4 is 11.7 Å². The second-order valence-corrected chi connectivity index (χ2v) is 4.22. The topological polar surface area (TPSA) is 93.3 Å². The van der Waals surface area contributed by atoms with Gasteiger partial charge in [-0.3, -0.25) is 19.9 Å². The summed E-state index contributed by atoms with van der Waals surface area (Å²) in [6, 6.07) is 2.76. The van der Waals surface area contributed by atoms with Gasteiger partial charge in [0.15, 0.2) is 0 Å². The van der Waals surface area contributed by atoms with Crippen molar-refractivity contribution in [1.29, 1.82) is 0 Å². The van der Waals surface area contributed by atoms with Gasteiger partial charge in [0.05, 0.1) is 4.92 Å². The van der Waals surface area contributed by atoms with Crippen molar-refractivity contribution in [2.24, 2.45) is 0 Å². The van der Waals surface area contributed by atoms with Crippen molar-refractivity contribution in [3.8, 4) is 0 Å². The van der Waals surface area contributed by atoms with Crippen LogP contribution in [0.2, 0.25) is 0 Å². The average Bonchev–Trinajstić information content (AvgIpc) is 2.79. The van der Waals surface area contributed by atoms with Crippen LogP contribution in [0.3, 0.4) is 0 Å². The first-order valence-electron chi connectivity index (χ1n) is 5.41. The highest BCUT2D eigenvalue weighted by Crippen LogP contribution is 2.43. The highest BCUT2D eigenvalue weighted by atomic mass is 16.6. The number of aromatic nitrogens is 1. The largest absolute Gasteiger partial charge is 0.481 e. The van der Waals surface area contributed by atoms with Gasteiger partial charge in [0.1, 0.15) is 11.1 Å². The van der Waals surface area contributed by atoms with E-state index in [4.69, 9.17) is 0 Å². The predicted octanol–water partition coefficient (Wildman–Crippen LogP) is 1.89. The molecule has 1 heterocycles. The van der Waals surface area contributed by atoms with Gasteiger partial charge >= 0.3 is 5.97 Å². The van der Waals surface area contributed by atoms with Gasteiger partial charge in [0, 0.05) is 12.3 Å². The predicted molar refractivity (Wildman–Crippen MR) is 58.7 cm³/mol. The molecule has 0 amide bonds. The summed E-state index contributed by atoms with van der Waals surface area (Å²) < 4.78 is 0. The third-order valence-electron chi connectivity index (χ3n) is 3.30. The lowest BCUT2D eigenvalue weighted by Crippen LogP contribution is -2.34. The van der Waals surface area contributed by atoms with Crippen LogP contribution in [-0.2, 0) is 10.2 Å². The lowest BCUT2D eigenvalue weighted by molar-refractivity contribution is -0.386. The van der Waals surface area contributed by atoms with E-state index in [1.54, 1.807) is 0 Å². The summed E-state index contributed by atoms with van der Waals surface area (Å²) in [4.78, 5) is 25.7. The molecule has 90 valence electrons. The van der Waals surface area contributed by atoms with Crippen LogP contribution in [0, 0.1) is 10.1 Å². The summed E-state index contributed by atoms with van der Waals surface area (Å²) in [7, 11) is 0. The Morgan fingerprint density at radius 2 is 2.12 bits per heavy atom. The maximum absolute atomic E-state index is 11.4. The number of aliphatic carboxylic acids is 1. The number of rotatable bonds is 3. The second kappa shape index (κ2) is 4.12. The fraction of sp³-hybridized carbons (Fsp3) is 0.455. The van der Waals surface area contributed by atoms with Crippen LogP contribution < -0.4 is 0 Å². The molecular formula is C11H12N2O4. The van der Waals surface area contributed by atoms with Gasteiger partial charge < -0.3 is 5.11 Å². The minimum absolute atomic E-state index is 0.0926. The zero-order chi connectivity index (χ0) is 12.5. The van der Waals surface area contributed by atoms with Crippen LogP contribution in [0.25, 0.3) is 0 Å². The van der Waals surface area contributed by atoms with Gasteiger partial charge in [0.25, 0.3) is 5.69 Å². The molecule has 0 radical (unpaired) electrons. The normalized spacial score (nSPS) is 17.9. The summed E-state index contributed by atoms with van der Waals surface area (Å²) in [5, 5.41) is 20.3. The molecular weight excluding hydrogens is 224 g/mol. The van der Waals surface area contributed by atoms with Gasteiger partial charge in [-0.15, -0.1) is 0 Å². The van der Waals surface area contributed by atoms with Crippen molar-refractivity contribution in [3.63, 3.8) is 0 Å². The molecule has 1 aromatic rings. The molecule has 1 aliphatic carbocycles. The number of pyridine rings is 1. The highest BCUT2D eigenvalue weighted by molar-refractivity contribution is 5.82. The molecule has 2 rings (SSSR count). The Morgan fingerprint density at radius 3 is 2.65 bits per heavy atom. The summed E-state index contributed by atoms with van der Waals surface area (Å²) in [6.07, 6.45) is 3.77. The van der Waals surface area contributed by atoms with Crippen LogP contribution in [-0.4, -0.2) is 21.0 Å². The van der Waals surface area contributed by atoms with Crippen molar-refractivity contribution < 1.29 is 14.8 Å². The van der Waals surface area contributed by atoms with E-state index >= 15 is 0 Å². The van der Waals surface area contributed by atoms with Crippen LogP contribution >= 0.6 is 0 Å². The number of carboxylic acid groups (broad SMARTS) is 1. The highest BCUT2D eigenvalue weighted by Gasteiger charge is 2.48. The Kier molecular flexibility index (Phi) is 2.79. The van der Waals surface area contributed by atoms with Gasteiger partial charge in [-0.25, -0.2) is 0 Å². The average molecular weight is 236 g/mol. The molecule has 0 atom stereocenters. The van der Waals surface area contributed by atoms with E-state index in [0.717, 1.165) is 12.8 Å². The number of carboxylic acids is 1. The maximum Gasteiger partial charge on any atom is 0.316 e. The van der Waals surface area contributed by atoms with Gasteiger partial charge in [-0.1, -0.05) is 12.8 Å². The molecule has 6 nitrogen and oxygen atoms in total. The number of hydrogen-bond donors (Lipinski definition) is 1. The van der Waals surface area contributed by atoms with Gasteiger partial charge in [-0.2, -0.15) is 0 Å². The molecule has 0 aromatic carbocycles. The van der Waals surface area contributed by atoms with E-state index in [9.17, 15) is 20.0 Å². The first-order valence-corrected chi connectivity index (χ1v) is 5.41. The van der Waals surface area contributed by atoms with E-state index < -0.39 is 16.3 Å². The van der Waals surface area contributed by atoms with Crippen LogP contribution in [0.5, 0.6) is 0 Å². The molecule has 1 fully saturated rings. The summed E-state index contributed by atoms with van der Waals surface area (Å²) >= 11 is 0. The maximum atomic E-state index is 11.4. The standard InChI is InChI=1S/C11H12N2O4/c14-10(15)11(5-1-2-6-11)9-8(13(16)17)4-3-7-12-9/h3-4,7H,1-2,5-6H2,(H,14,15). The SMILES string of the molecule is O=C(O)C1(c2ncccc2[N+](=O)[O-])CCCC1. The Balaban J connectivity index is 2.58. The third-order valence-corrected chi connectivity index (χ3v) is 3.30. The minimum Gasteiger partial charge on any atom is -0.481 e. The summed E-state index contributed by atoms with van der Waals surface area (Å²) in [6.45, 7) is 0. The number of nitro groups is 1. The molecule has 0 spiro atoms. The first-order chi connectivity index (χ1) is 8.08. The Bertz CT molecular complexity index is 466. The lowest BCUT2D eigenvalue weighted by atomic mass is 9.81. The first kappa shape index (κ1) is 11.5. The van der Waals surface area contributed by atoms with Crippen LogP contribution in [0.4, 0.5) is 5.69 Å². The number of hydrogen-bond acceptors (Lipinski definition) is 4. The Morgan fingerprint density at radius 1 is 1.47 bits per heavy atom. The van der Waals surface area contributed by atoms with Crippen molar-refractivity contribution in [3.05, 3.63) is 34.1 Å². The van der Waals surface area contributed by atoms with E-state index in [1.165, 1.54) is 18.3 Å².